The van der Waals surface area contributed by atoms with Crippen molar-refractivity contribution in [2.45, 2.75) is 27.7 Å². The van der Waals surface area contributed by atoms with E-state index in [4.69, 9.17) is 9.47 Å². The van der Waals surface area contributed by atoms with E-state index in [9.17, 15) is 19.2 Å². The second-order valence-corrected chi connectivity index (χ2v) is 5.39. The van der Waals surface area contributed by atoms with E-state index in [1.54, 1.807) is 38.1 Å². The van der Waals surface area contributed by atoms with Crippen molar-refractivity contribution >= 4 is 34.9 Å². The van der Waals surface area contributed by atoms with Gasteiger partial charge in [-0.3, -0.25) is 9.59 Å². The van der Waals surface area contributed by atoms with Crippen LogP contribution in [-0.4, -0.2) is 36.7 Å². The summed E-state index contributed by atoms with van der Waals surface area (Å²) in [5.41, 5.74) is 0.244. The summed E-state index contributed by atoms with van der Waals surface area (Å²) in [6.45, 7) is 5.97. The minimum atomic E-state index is -0.769. The summed E-state index contributed by atoms with van der Waals surface area (Å²) in [6, 6.07) is 6.57. The maximum absolute atomic E-state index is 11.8. The first kappa shape index (κ1) is 26.3. The molecule has 1 aromatic carbocycles. The number of ether oxygens (including phenoxy) is 2. The van der Waals surface area contributed by atoms with E-state index in [1.807, 2.05) is 0 Å². The molecule has 29 heavy (non-hydrogen) atoms. The minimum absolute atomic E-state index is 0. The molecule has 0 aliphatic carbocycles. The summed E-state index contributed by atoms with van der Waals surface area (Å²) in [5, 5.41) is 8.25. The van der Waals surface area contributed by atoms with Gasteiger partial charge in [-0.15, -0.1) is 0 Å². The van der Waals surface area contributed by atoms with Gasteiger partial charge in [-0.2, -0.15) is 23.8 Å². The third kappa shape index (κ3) is 8.44. The summed E-state index contributed by atoms with van der Waals surface area (Å²) in [7, 11) is 0. The van der Waals surface area contributed by atoms with E-state index < -0.39 is 23.5 Å². The molecule has 0 aliphatic rings. The Hall–Kier alpha value is -2.73. The van der Waals surface area contributed by atoms with Crippen LogP contribution in [0.1, 0.15) is 27.7 Å². The molecule has 158 valence electrons. The maximum Gasteiger partial charge on any atom is 2.00 e. The van der Waals surface area contributed by atoms with Gasteiger partial charge in [0.2, 0.25) is 0 Å². The van der Waals surface area contributed by atoms with Crippen molar-refractivity contribution in [2.24, 2.45) is 0 Å². The summed E-state index contributed by atoms with van der Waals surface area (Å²) in [4.78, 5) is 46.9. The fourth-order valence-corrected chi connectivity index (χ4v) is 1.94. The van der Waals surface area contributed by atoms with Crippen LogP contribution in [0.5, 0.6) is 0 Å². The quantitative estimate of drug-likeness (QED) is 0.180. The third-order valence-electron chi connectivity index (χ3n) is 3.30. The van der Waals surface area contributed by atoms with Gasteiger partial charge in [0.1, 0.15) is 0 Å². The molecular weight excluding hydrogens is 559 g/mol. The average molecular weight is 581 g/mol. The van der Waals surface area contributed by atoms with Crippen molar-refractivity contribution in [1.82, 2.24) is 0 Å². The predicted molar refractivity (Wildman–Crippen MR) is 103 cm³/mol. The second-order valence-electron chi connectivity index (χ2n) is 5.39. The topological polar surface area (TPSA) is 115 Å². The minimum Gasteiger partial charge on any atom is -0.664 e. The Labute approximate surface area is 184 Å². The Morgan fingerprint density at radius 1 is 0.793 bits per heavy atom. The summed E-state index contributed by atoms with van der Waals surface area (Å²) < 4.78 is 9.66. The van der Waals surface area contributed by atoms with Crippen molar-refractivity contribution < 1.29 is 49.7 Å². The van der Waals surface area contributed by atoms with E-state index in [0.717, 1.165) is 12.4 Å². The molecule has 0 atom stereocenters. The molecule has 9 heteroatoms. The standard InChI is InChI=1S/C20H24N2O6.Pt/c1-5-27-19(25)15(13(3)23)11-21-17-9-7-8-10-18(17)22-12-16(14(4)24)20(26)28-6-2;/h7-12H,5-6H2,1-4H3,(H2,21,22,23,24,25,26);/q;+2/p-2. The number of carbonyl (C=O) groups excluding carboxylic acids is 4. The van der Waals surface area contributed by atoms with Gasteiger partial charge in [-0.05, 0) is 27.7 Å². The van der Waals surface area contributed by atoms with E-state index in [1.165, 1.54) is 13.8 Å². The molecule has 0 heterocycles. The van der Waals surface area contributed by atoms with Crippen LogP contribution in [-0.2, 0) is 49.7 Å². The Bertz CT molecular complexity index is 750. The number of hydrogen-bond donors (Lipinski definition) is 0. The molecule has 8 nitrogen and oxygen atoms in total. The van der Waals surface area contributed by atoms with Crippen molar-refractivity contribution in [3.05, 3.63) is 58.4 Å². The van der Waals surface area contributed by atoms with E-state index in [0.29, 0.717) is 11.4 Å². The molecule has 1 aromatic rings. The molecule has 0 radical (unpaired) electrons. The molecule has 0 aliphatic heterocycles. The van der Waals surface area contributed by atoms with Gasteiger partial charge in [0.05, 0.1) is 24.4 Å². The van der Waals surface area contributed by atoms with Gasteiger partial charge in [-0.1, -0.05) is 24.3 Å². The van der Waals surface area contributed by atoms with Crippen molar-refractivity contribution in [2.75, 3.05) is 13.2 Å². The number of rotatable bonds is 10. The van der Waals surface area contributed by atoms with Gasteiger partial charge in [-0.25, -0.2) is 9.59 Å². The first-order chi connectivity index (χ1) is 13.3. The Morgan fingerprint density at radius 3 is 1.41 bits per heavy atom. The van der Waals surface area contributed by atoms with Crippen LogP contribution in [0, 0.1) is 0 Å². The van der Waals surface area contributed by atoms with Crippen LogP contribution in [0.2, 0.25) is 0 Å². The van der Waals surface area contributed by atoms with Crippen LogP contribution in [0.4, 0.5) is 11.4 Å². The zero-order valence-electron chi connectivity index (χ0n) is 16.5. The summed E-state index contributed by atoms with van der Waals surface area (Å²) in [6.07, 6.45) is 2.21. The number of benzene rings is 1. The number of para-hydroxylation sites is 2. The van der Waals surface area contributed by atoms with E-state index >= 15 is 0 Å². The Kier molecular flexibility index (Phi) is 12.2. The summed E-state index contributed by atoms with van der Waals surface area (Å²) in [5.74, 6) is -2.51. The first-order valence-corrected chi connectivity index (χ1v) is 8.58. The average Bonchev–Trinajstić information content (AvgIpc) is 2.63. The van der Waals surface area contributed by atoms with Crippen molar-refractivity contribution in [3.63, 3.8) is 0 Å². The van der Waals surface area contributed by atoms with Gasteiger partial charge < -0.3 is 20.1 Å². The van der Waals surface area contributed by atoms with Crippen LogP contribution in [0.25, 0.3) is 10.6 Å². The maximum atomic E-state index is 11.8. The smallest absolute Gasteiger partial charge is 0.664 e. The molecule has 0 aromatic heterocycles. The van der Waals surface area contributed by atoms with Crippen LogP contribution in [0.15, 0.2) is 47.8 Å². The van der Waals surface area contributed by atoms with Crippen molar-refractivity contribution in [1.29, 1.82) is 0 Å². The molecule has 0 spiro atoms. The van der Waals surface area contributed by atoms with Crippen LogP contribution in [0.3, 0.4) is 0 Å². The number of ketones is 2. The van der Waals surface area contributed by atoms with Gasteiger partial charge in [0.25, 0.3) is 0 Å². The van der Waals surface area contributed by atoms with Gasteiger partial charge >= 0.3 is 33.0 Å². The predicted octanol–water partition coefficient (Wildman–Crippen LogP) is 3.77. The monoisotopic (exact) mass is 581 g/mol. The number of carbonyl (C=O) groups is 4. The van der Waals surface area contributed by atoms with Gasteiger partial charge in [0.15, 0.2) is 11.6 Å². The molecular formula is C20H22N2O6Pt. The molecule has 0 bridgehead atoms. The SMILES string of the molecule is CCOC(=O)/C(=C/[N-]c1ccccc1[N-]/C=C(\C(C)=O)C(=O)OCC)C(C)=O.[Pt+2]. The molecule has 0 N–H and O–H groups in total. The largest absolute Gasteiger partial charge is 2.00 e. The van der Waals surface area contributed by atoms with Crippen LogP contribution >= 0.6 is 0 Å². The third-order valence-corrected chi connectivity index (χ3v) is 3.30. The second kappa shape index (κ2) is 13.4. The first-order valence-electron chi connectivity index (χ1n) is 8.58. The molecule has 0 unspecified atom stereocenters. The summed E-state index contributed by atoms with van der Waals surface area (Å²) >= 11 is 0. The molecule has 1 rings (SSSR count). The Morgan fingerprint density at radius 2 is 1.14 bits per heavy atom. The number of Topliss-reactive ketones (excluding diaryl/α,β-unsaturated/α-hetero) is 2. The fourth-order valence-electron chi connectivity index (χ4n) is 1.94. The fraction of sp³-hybridized carbons (Fsp3) is 0.300. The molecule has 0 saturated carbocycles. The van der Waals surface area contributed by atoms with Crippen molar-refractivity contribution in [3.8, 4) is 0 Å². The molecule has 0 saturated heterocycles. The number of esters is 2. The zero-order valence-corrected chi connectivity index (χ0v) is 18.8. The normalized spacial score (nSPS) is 11.0. The van der Waals surface area contributed by atoms with E-state index in [2.05, 4.69) is 10.6 Å². The Balaban J connectivity index is 0.00000784. The van der Waals surface area contributed by atoms with E-state index in [-0.39, 0.29) is 45.4 Å². The molecule has 0 amide bonds. The van der Waals surface area contributed by atoms with Gasteiger partial charge in [0, 0.05) is 0 Å². The van der Waals surface area contributed by atoms with Crippen LogP contribution < -0.4 is 0 Å². The number of nitrogens with zero attached hydrogens (tertiary/aromatic N) is 2. The molecule has 0 fully saturated rings. The zero-order chi connectivity index (χ0) is 21.1. The number of hydrogen-bond acceptors (Lipinski definition) is 6.